The second-order valence-corrected chi connectivity index (χ2v) is 7.49. The van der Waals surface area contributed by atoms with E-state index in [2.05, 4.69) is 15.8 Å². The smallest absolute Gasteiger partial charge is 0.341 e. The van der Waals surface area contributed by atoms with E-state index in [-0.39, 0.29) is 12.4 Å². The first-order valence-electron chi connectivity index (χ1n) is 9.24. The number of hydrazone groups is 1. The number of aromatic hydroxyl groups is 1. The SMILES string of the molecule is CCOC(=O)c1c(NC(=O)C(=O)N/N=C/c2cccc(O)c2)sc2c1CCCC2. The van der Waals surface area contributed by atoms with Gasteiger partial charge >= 0.3 is 17.8 Å². The number of phenolic OH excluding ortho intramolecular Hbond substituents is 1. The van der Waals surface area contributed by atoms with Crippen LogP contribution in [0.25, 0.3) is 0 Å². The van der Waals surface area contributed by atoms with Gasteiger partial charge in [-0.25, -0.2) is 10.2 Å². The van der Waals surface area contributed by atoms with Crippen molar-refractivity contribution in [3.8, 4) is 5.75 Å². The minimum atomic E-state index is -0.970. The fraction of sp³-hybridized carbons (Fsp3) is 0.300. The molecule has 0 spiro atoms. The summed E-state index contributed by atoms with van der Waals surface area (Å²) in [6, 6.07) is 6.26. The highest BCUT2D eigenvalue weighted by Crippen LogP contribution is 2.38. The van der Waals surface area contributed by atoms with E-state index in [9.17, 15) is 19.5 Å². The van der Waals surface area contributed by atoms with Crippen LogP contribution in [-0.2, 0) is 27.2 Å². The molecule has 9 heteroatoms. The highest BCUT2D eigenvalue weighted by Gasteiger charge is 2.28. The Labute approximate surface area is 171 Å². The predicted octanol–water partition coefficient (Wildman–Crippen LogP) is 2.60. The first-order chi connectivity index (χ1) is 14.0. The topological polar surface area (TPSA) is 117 Å². The highest BCUT2D eigenvalue weighted by molar-refractivity contribution is 7.17. The van der Waals surface area contributed by atoms with Crippen molar-refractivity contribution in [3.63, 3.8) is 0 Å². The molecule has 1 aliphatic carbocycles. The Morgan fingerprint density at radius 1 is 1.24 bits per heavy atom. The molecule has 0 bridgehead atoms. The van der Waals surface area contributed by atoms with Gasteiger partial charge in [0.25, 0.3) is 0 Å². The molecule has 3 N–H and O–H groups in total. The zero-order valence-corrected chi connectivity index (χ0v) is 16.7. The highest BCUT2D eigenvalue weighted by atomic mass is 32.1. The molecule has 1 aliphatic rings. The number of hydrogen-bond acceptors (Lipinski definition) is 7. The number of esters is 1. The van der Waals surface area contributed by atoms with Gasteiger partial charge in [0.05, 0.1) is 18.4 Å². The molecule has 0 saturated heterocycles. The molecule has 29 heavy (non-hydrogen) atoms. The molecular formula is C20H21N3O5S. The second-order valence-electron chi connectivity index (χ2n) is 6.38. The number of thiophene rings is 1. The summed E-state index contributed by atoms with van der Waals surface area (Å²) in [7, 11) is 0. The Balaban J connectivity index is 1.70. The van der Waals surface area contributed by atoms with E-state index in [0.717, 1.165) is 36.1 Å². The molecule has 1 aromatic carbocycles. The van der Waals surface area contributed by atoms with E-state index < -0.39 is 17.8 Å². The van der Waals surface area contributed by atoms with E-state index in [1.807, 2.05) is 0 Å². The van der Waals surface area contributed by atoms with Crippen molar-refractivity contribution >= 4 is 40.3 Å². The van der Waals surface area contributed by atoms with E-state index in [1.165, 1.54) is 29.7 Å². The summed E-state index contributed by atoms with van der Waals surface area (Å²) in [6.45, 7) is 1.94. The molecule has 0 radical (unpaired) electrons. The lowest BCUT2D eigenvalue weighted by Gasteiger charge is -2.12. The van der Waals surface area contributed by atoms with Gasteiger partial charge in [0.1, 0.15) is 10.8 Å². The lowest BCUT2D eigenvalue weighted by Crippen LogP contribution is -2.32. The van der Waals surface area contributed by atoms with Crippen LogP contribution in [0.5, 0.6) is 5.75 Å². The Morgan fingerprint density at radius 2 is 2.03 bits per heavy atom. The van der Waals surface area contributed by atoms with Crippen LogP contribution in [0.2, 0.25) is 0 Å². The maximum absolute atomic E-state index is 12.4. The largest absolute Gasteiger partial charge is 0.508 e. The Bertz CT molecular complexity index is 967. The number of fused-ring (bicyclic) bond motifs is 1. The maximum Gasteiger partial charge on any atom is 0.341 e. The van der Waals surface area contributed by atoms with Crippen LogP contribution < -0.4 is 10.7 Å². The number of rotatable bonds is 5. The summed E-state index contributed by atoms with van der Waals surface area (Å²) in [6.07, 6.45) is 4.87. The lowest BCUT2D eigenvalue weighted by molar-refractivity contribution is -0.136. The van der Waals surface area contributed by atoms with Gasteiger partial charge in [0.15, 0.2) is 0 Å². The zero-order valence-electron chi connectivity index (χ0n) is 15.9. The number of hydrogen-bond donors (Lipinski definition) is 3. The fourth-order valence-electron chi connectivity index (χ4n) is 3.05. The Kier molecular flexibility index (Phi) is 6.61. The summed E-state index contributed by atoms with van der Waals surface area (Å²) < 4.78 is 5.13. The van der Waals surface area contributed by atoms with Crippen LogP contribution in [0.15, 0.2) is 29.4 Å². The minimum absolute atomic E-state index is 0.0613. The van der Waals surface area contributed by atoms with Crippen molar-refractivity contribution in [2.75, 3.05) is 11.9 Å². The normalized spacial score (nSPS) is 13.0. The number of nitrogens with one attached hydrogen (secondary N) is 2. The van der Waals surface area contributed by atoms with Crippen molar-refractivity contribution in [1.29, 1.82) is 0 Å². The second kappa shape index (κ2) is 9.33. The summed E-state index contributed by atoms with van der Waals surface area (Å²) >= 11 is 1.31. The quantitative estimate of drug-likeness (QED) is 0.300. The maximum atomic E-state index is 12.4. The van der Waals surface area contributed by atoms with Crippen molar-refractivity contribution in [2.24, 2.45) is 5.10 Å². The van der Waals surface area contributed by atoms with Gasteiger partial charge in [-0.2, -0.15) is 5.10 Å². The number of amides is 2. The lowest BCUT2D eigenvalue weighted by atomic mass is 9.95. The first-order valence-corrected chi connectivity index (χ1v) is 10.1. The molecule has 2 amide bonds. The molecule has 0 atom stereocenters. The van der Waals surface area contributed by atoms with Crippen LogP contribution in [0.3, 0.4) is 0 Å². The number of carbonyl (C=O) groups excluding carboxylic acids is 3. The molecule has 2 aromatic rings. The van der Waals surface area contributed by atoms with Crippen LogP contribution in [-0.4, -0.2) is 35.7 Å². The molecule has 1 heterocycles. The predicted molar refractivity (Wildman–Crippen MR) is 109 cm³/mol. The van der Waals surface area contributed by atoms with Crippen LogP contribution >= 0.6 is 11.3 Å². The fourth-order valence-corrected chi connectivity index (χ4v) is 4.33. The Morgan fingerprint density at radius 3 is 2.79 bits per heavy atom. The summed E-state index contributed by atoms with van der Waals surface area (Å²) in [5, 5.41) is 16.0. The first kappa shape index (κ1) is 20.5. The van der Waals surface area contributed by atoms with Gasteiger partial charge in [-0.15, -0.1) is 11.3 Å². The van der Waals surface area contributed by atoms with Gasteiger partial charge in [0, 0.05) is 4.88 Å². The van der Waals surface area contributed by atoms with Crippen molar-refractivity contribution in [1.82, 2.24) is 5.43 Å². The zero-order chi connectivity index (χ0) is 20.8. The van der Waals surface area contributed by atoms with Crippen LogP contribution in [0, 0.1) is 0 Å². The van der Waals surface area contributed by atoms with E-state index in [0.29, 0.717) is 16.1 Å². The van der Waals surface area contributed by atoms with Crippen LogP contribution in [0.1, 0.15) is 46.1 Å². The summed E-state index contributed by atoms with van der Waals surface area (Å²) in [5.41, 5.74) is 3.93. The van der Waals surface area contributed by atoms with Gasteiger partial charge in [-0.3, -0.25) is 9.59 Å². The number of anilines is 1. The van der Waals surface area contributed by atoms with Crippen LogP contribution in [0.4, 0.5) is 5.00 Å². The third kappa shape index (κ3) is 5.00. The molecule has 0 unspecified atom stereocenters. The average Bonchev–Trinajstić information content (AvgIpc) is 3.06. The molecule has 0 fully saturated rings. The number of benzene rings is 1. The average molecular weight is 415 g/mol. The molecular weight excluding hydrogens is 394 g/mol. The van der Waals surface area contributed by atoms with Gasteiger partial charge < -0.3 is 15.2 Å². The number of ether oxygens (including phenoxy) is 1. The molecule has 1 aromatic heterocycles. The van der Waals surface area contributed by atoms with E-state index in [1.54, 1.807) is 19.1 Å². The third-order valence-corrected chi connectivity index (χ3v) is 5.54. The number of phenols is 1. The van der Waals surface area contributed by atoms with Gasteiger partial charge in [-0.05, 0) is 55.9 Å². The molecule has 152 valence electrons. The van der Waals surface area contributed by atoms with Crippen molar-refractivity contribution in [2.45, 2.75) is 32.6 Å². The van der Waals surface area contributed by atoms with Crippen molar-refractivity contribution in [3.05, 3.63) is 45.8 Å². The molecule has 8 nitrogen and oxygen atoms in total. The van der Waals surface area contributed by atoms with E-state index >= 15 is 0 Å². The van der Waals surface area contributed by atoms with E-state index in [4.69, 9.17) is 4.74 Å². The number of aryl methyl sites for hydroxylation is 1. The minimum Gasteiger partial charge on any atom is -0.508 e. The monoisotopic (exact) mass is 415 g/mol. The number of nitrogens with zero attached hydrogens (tertiary/aromatic N) is 1. The molecule has 0 aliphatic heterocycles. The van der Waals surface area contributed by atoms with Gasteiger partial charge in [-0.1, -0.05) is 12.1 Å². The Hall–Kier alpha value is -3.20. The summed E-state index contributed by atoms with van der Waals surface area (Å²) in [5.74, 6) is -2.33. The van der Waals surface area contributed by atoms with Crippen molar-refractivity contribution < 1.29 is 24.2 Å². The molecule has 0 saturated carbocycles. The summed E-state index contributed by atoms with van der Waals surface area (Å²) in [4.78, 5) is 37.8. The standard InChI is InChI=1S/C20H21N3O5S/c1-2-28-20(27)16-14-8-3-4-9-15(14)29-19(16)22-17(25)18(26)23-21-11-12-6-5-7-13(24)10-12/h5-7,10-11,24H,2-4,8-9H2,1H3,(H,22,25)(H,23,26)/b21-11+. The third-order valence-electron chi connectivity index (χ3n) is 4.33. The molecule has 3 rings (SSSR count). The van der Waals surface area contributed by atoms with Gasteiger partial charge in [0.2, 0.25) is 0 Å². The number of carbonyl (C=O) groups is 3.